The lowest BCUT2D eigenvalue weighted by Gasteiger charge is -2.42. The molecular formula is C15H29N3O2. The van der Waals surface area contributed by atoms with Gasteiger partial charge in [-0.25, -0.2) is 0 Å². The Morgan fingerprint density at radius 1 is 1.45 bits per heavy atom. The fraction of sp³-hybridized carbons (Fsp3) is 0.933. The Balaban J connectivity index is 1.92. The first-order valence-corrected chi connectivity index (χ1v) is 7.84. The maximum atomic E-state index is 11.8. The monoisotopic (exact) mass is 283 g/mol. The van der Waals surface area contributed by atoms with Gasteiger partial charge in [0.05, 0.1) is 12.1 Å². The molecule has 0 aromatic carbocycles. The summed E-state index contributed by atoms with van der Waals surface area (Å²) in [6, 6.07) is 0.436. The molecule has 0 radical (unpaired) electrons. The zero-order chi connectivity index (χ0) is 14.6. The lowest BCUT2D eigenvalue weighted by Crippen LogP contribution is -2.59. The van der Waals surface area contributed by atoms with Crippen LogP contribution in [0.25, 0.3) is 0 Å². The molecule has 2 fully saturated rings. The van der Waals surface area contributed by atoms with E-state index in [-0.39, 0.29) is 5.91 Å². The first-order chi connectivity index (χ1) is 9.57. The van der Waals surface area contributed by atoms with Gasteiger partial charge in [0.25, 0.3) is 0 Å². The Morgan fingerprint density at radius 2 is 2.25 bits per heavy atom. The van der Waals surface area contributed by atoms with Crippen LogP contribution >= 0.6 is 0 Å². The summed E-state index contributed by atoms with van der Waals surface area (Å²) < 4.78 is 5.56. The van der Waals surface area contributed by atoms with Crippen LogP contribution in [0.1, 0.15) is 38.5 Å². The number of likely N-dealkylation sites (N-methyl/N-ethyl adjacent to an activating group) is 1. The molecule has 1 heterocycles. The molecule has 20 heavy (non-hydrogen) atoms. The van der Waals surface area contributed by atoms with Crippen LogP contribution in [0.3, 0.4) is 0 Å². The molecule has 2 aliphatic rings. The Morgan fingerprint density at radius 3 is 2.85 bits per heavy atom. The van der Waals surface area contributed by atoms with Gasteiger partial charge >= 0.3 is 0 Å². The minimum Gasteiger partial charge on any atom is -0.381 e. The second-order valence-electron chi connectivity index (χ2n) is 6.47. The van der Waals surface area contributed by atoms with E-state index in [9.17, 15) is 4.79 Å². The summed E-state index contributed by atoms with van der Waals surface area (Å²) in [7, 11) is 4.02. The lowest BCUT2D eigenvalue weighted by molar-refractivity contribution is -0.126. The molecule has 3 atom stereocenters. The standard InChI is InChI=1S/C15H29N3O2/c1-17-15(14(16)19)7-3-6-13(9-15)18(2)10-12-5-4-8-20-11-12/h12-13,17H,3-11H2,1-2H3,(H2,16,19). The van der Waals surface area contributed by atoms with E-state index < -0.39 is 5.54 Å². The van der Waals surface area contributed by atoms with E-state index in [1.807, 2.05) is 7.05 Å². The maximum absolute atomic E-state index is 11.8. The molecule has 1 amide bonds. The van der Waals surface area contributed by atoms with Crippen LogP contribution in [0.5, 0.6) is 0 Å². The average molecular weight is 283 g/mol. The van der Waals surface area contributed by atoms with Gasteiger partial charge in [0.2, 0.25) is 5.91 Å². The van der Waals surface area contributed by atoms with Crippen LogP contribution in [0.2, 0.25) is 0 Å². The molecule has 1 saturated heterocycles. The van der Waals surface area contributed by atoms with Crippen LogP contribution in [-0.2, 0) is 9.53 Å². The SMILES string of the molecule is CNC1(C(N)=O)CCCC(N(C)CC2CCCOC2)C1. The van der Waals surface area contributed by atoms with E-state index in [4.69, 9.17) is 10.5 Å². The normalized spacial score (nSPS) is 35.1. The van der Waals surface area contributed by atoms with Crippen molar-refractivity contribution in [3.05, 3.63) is 0 Å². The van der Waals surface area contributed by atoms with Crippen LogP contribution < -0.4 is 11.1 Å². The van der Waals surface area contributed by atoms with Crippen molar-refractivity contribution < 1.29 is 9.53 Å². The van der Waals surface area contributed by atoms with Crippen LogP contribution in [0.15, 0.2) is 0 Å². The van der Waals surface area contributed by atoms with Crippen molar-refractivity contribution >= 4 is 5.91 Å². The van der Waals surface area contributed by atoms with Gasteiger partial charge in [-0.1, -0.05) is 0 Å². The van der Waals surface area contributed by atoms with Gasteiger partial charge in [-0.3, -0.25) is 4.79 Å². The van der Waals surface area contributed by atoms with Crippen molar-refractivity contribution in [3.8, 4) is 0 Å². The molecule has 0 spiro atoms. The molecule has 3 N–H and O–H groups in total. The molecular weight excluding hydrogens is 254 g/mol. The minimum absolute atomic E-state index is 0.209. The topological polar surface area (TPSA) is 67.6 Å². The number of nitrogens with two attached hydrogens (primary N) is 1. The molecule has 0 aromatic heterocycles. The molecule has 5 nitrogen and oxygen atoms in total. The number of rotatable bonds is 5. The Kier molecular flexibility index (Phi) is 5.41. The molecule has 1 saturated carbocycles. The van der Waals surface area contributed by atoms with Crippen molar-refractivity contribution in [1.82, 2.24) is 10.2 Å². The summed E-state index contributed by atoms with van der Waals surface area (Å²) in [5, 5.41) is 3.18. The Bertz CT molecular complexity index is 331. The van der Waals surface area contributed by atoms with Gasteiger partial charge in [-0.2, -0.15) is 0 Å². The van der Waals surface area contributed by atoms with Crippen molar-refractivity contribution in [2.75, 3.05) is 33.9 Å². The number of ether oxygens (including phenoxy) is 1. The number of amides is 1. The summed E-state index contributed by atoms with van der Waals surface area (Å²) in [4.78, 5) is 14.2. The third-order valence-electron chi connectivity index (χ3n) is 5.10. The second kappa shape index (κ2) is 6.87. The molecule has 0 bridgehead atoms. The van der Waals surface area contributed by atoms with Gasteiger partial charge in [-0.05, 0) is 58.5 Å². The van der Waals surface area contributed by atoms with E-state index in [1.165, 1.54) is 12.8 Å². The quantitative estimate of drug-likeness (QED) is 0.780. The van der Waals surface area contributed by atoms with Gasteiger partial charge < -0.3 is 20.7 Å². The highest BCUT2D eigenvalue weighted by Crippen LogP contribution is 2.31. The summed E-state index contributed by atoms with van der Waals surface area (Å²) in [5.41, 5.74) is 5.11. The van der Waals surface area contributed by atoms with Crippen LogP contribution in [0, 0.1) is 5.92 Å². The number of primary amides is 1. The predicted molar refractivity (Wildman–Crippen MR) is 79.4 cm³/mol. The van der Waals surface area contributed by atoms with Crippen molar-refractivity contribution in [2.45, 2.75) is 50.1 Å². The van der Waals surface area contributed by atoms with E-state index in [1.54, 1.807) is 0 Å². The van der Waals surface area contributed by atoms with Gasteiger partial charge in [0.15, 0.2) is 0 Å². The second-order valence-corrected chi connectivity index (χ2v) is 6.47. The highest BCUT2D eigenvalue weighted by Gasteiger charge is 2.41. The molecule has 5 heteroatoms. The first-order valence-electron chi connectivity index (χ1n) is 7.84. The average Bonchev–Trinajstić information content (AvgIpc) is 2.48. The van der Waals surface area contributed by atoms with E-state index >= 15 is 0 Å². The summed E-state index contributed by atoms with van der Waals surface area (Å²) in [6.07, 6.45) is 6.31. The zero-order valence-electron chi connectivity index (χ0n) is 12.9. The number of carbonyl (C=O) groups excluding carboxylic acids is 1. The van der Waals surface area contributed by atoms with Crippen molar-refractivity contribution in [3.63, 3.8) is 0 Å². The van der Waals surface area contributed by atoms with E-state index in [2.05, 4.69) is 17.3 Å². The third-order valence-corrected chi connectivity index (χ3v) is 5.10. The molecule has 1 aliphatic carbocycles. The number of hydrogen-bond donors (Lipinski definition) is 2. The van der Waals surface area contributed by atoms with Gasteiger partial charge in [0.1, 0.15) is 0 Å². The molecule has 3 unspecified atom stereocenters. The van der Waals surface area contributed by atoms with Crippen LogP contribution in [-0.4, -0.2) is 56.2 Å². The Hall–Kier alpha value is -0.650. The summed E-state index contributed by atoms with van der Waals surface area (Å²) >= 11 is 0. The maximum Gasteiger partial charge on any atom is 0.237 e. The number of hydrogen-bond acceptors (Lipinski definition) is 4. The number of nitrogens with one attached hydrogen (secondary N) is 1. The lowest BCUT2D eigenvalue weighted by atomic mass is 9.78. The third kappa shape index (κ3) is 3.51. The molecule has 0 aromatic rings. The fourth-order valence-electron chi connectivity index (χ4n) is 3.70. The highest BCUT2D eigenvalue weighted by molar-refractivity contribution is 5.84. The van der Waals surface area contributed by atoms with E-state index in [0.29, 0.717) is 12.0 Å². The molecule has 2 rings (SSSR count). The molecule has 116 valence electrons. The highest BCUT2D eigenvalue weighted by atomic mass is 16.5. The van der Waals surface area contributed by atoms with E-state index in [0.717, 1.165) is 45.4 Å². The first kappa shape index (κ1) is 15.7. The molecule has 1 aliphatic heterocycles. The number of carbonyl (C=O) groups is 1. The van der Waals surface area contributed by atoms with Crippen LogP contribution in [0.4, 0.5) is 0 Å². The Labute approximate surface area is 122 Å². The number of nitrogens with zero attached hydrogens (tertiary/aromatic N) is 1. The fourth-order valence-corrected chi connectivity index (χ4v) is 3.70. The summed E-state index contributed by atoms with van der Waals surface area (Å²) in [6.45, 7) is 2.85. The predicted octanol–water partition coefficient (Wildman–Crippen LogP) is 0.731. The zero-order valence-corrected chi connectivity index (χ0v) is 12.9. The summed E-state index contributed by atoms with van der Waals surface area (Å²) in [5.74, 6) is 0.423. The van der Waals surface area contributed by atoms with Gasteiger partial charge in [-0.15, -0.1) is 0 Å². The van der Waals surface area contributed by atoms with Crippen molar-refractivity contribution in [1.29, 1.82) is 0 Å². The smallest absolute Gasteiger partial charge is 0.237 e. The van der Waals surface area contributed by atoms with Gasteiger partial charge in [0, 0.05) is 19.2 Å². The minimum atomic E-state index is -0.514. The largest absolute Gasteiger partial charge is 0.381 e. The van der Waals surface area contributed by atoms with Crippen molar-refractivity contribution in [2.24, 2.45) is 11.7 Å².